The molecule has 0 unspecified atom stereocenters. The maximum absolute atomic E-state index is 11.8. The summed E-state index contributed by atoms with van der Waals surface area (Å²) in [5.41, 5.74) is 1.26. The smallest absolute Gasteiger partial charge is 0.319 e. The van der Waals surface area contributed by atoms with Crippen molar-refractivity contribution in [3.8, 4) is 0 Å². The molecule has 0 fully saturated rings. The Labute approximate surface area is 122 Å². The van der Waals surface area contributed by atoms with Gasteiger partial charge in [0.05, 0.1) is 6.26 Å². The number of carbonyl (C=O) groups is 2. The number of anilines is 2. The molecule has 21 heavy (non-hydrogen) atoms. The van der Waals surface area contributed by atoms with Crippen LogP contribution in [0.1, 0.15) is 24.4 Å². The summed E-state index contributed by atoms with van der Waals surface area (Å²) in [6.07, 6.45) is 1.44. The molecule has 1 aromatic heterocycles. The fourth-order valence-electron chi connectivity index (χ4n) is 1.67. The van der Waals surface area contributed by atoms with Crippen molar-refractivity contribution in [2.24, 2.45) is 0 Å². The third-order valence-corrected chi connectivity index (χ3v) is 2.57. The van der Waals surface area contributed by atoms with E-state index in [4.69, 9.17) is 4.42 Å². The zero-order valence-corrected chi connectivity index (χ0v) is 11.8. The van der Waals surface area contributed by atoms with Gasteiger partial charge in [0.15, 0.2) is 5.76 Å². The van der Waals surface area contributed by atoms with Crippen LogP contribution in [0.25, 0.3) is 0 Å². The zero-order valence-electron chi connectivity index (χ0n) is 11.8. The lowest BCUT2D eigenvalue weighted by Gasteiger charge is -2.10. The third-order valence-electron chi connectivity index (χ3n) is 2.57. The van der Waals surface area contributed by atoms with E-state index in [9.17, 15) is 9.59 Å². The van der Waals surface area contributed by atoms with E-state index in [0.29, 0.717) is 11.4 Å². The second-order valence-electron chi connectivity index (χ2n) is 4.76. The highest BCUT2D eigenvalue weighted by Crippen LogP contribution is 2.14. The van der Waals surface area contributed by atoms with Crippen LogP contribution in [0.4, 0.5) is 16.2 Å². The van der Waals surface area contributed by atoms with E-state index in [1.54, 1.807) is 36.4 Å². The van der Waals surface area contributed by atoms with Gasteiger partial charge in [-0.3, -0.25) is 4.79 Å². The number of benzene rings is 1. The summed E-state index contributed by atoms with van der Waals surface area (Å²) in [5.74, 6) is -0.0771. The summed E-state index contributed by atoms with van der Waals surface area (Å²) in [6, 6.07) is 9.85. The first kappa shape index (κ1) is 14.6. The molecule has 1 heterocycles. The summed E-state index contributed by atoms with van der Waals surface area (Å²) in [6.45, 7) is 3.76. The van der Waals surface area contributed by atoms with Crippen LogP contribution < -0.4 is 16.0 Å². The fourth-order valence-corrected chi connectivity index (χ4v) is 1.67. The molecule has 3 amide bonds. The largest absolute Gasteiger partial charge is 0.459 e. The molecule has 0 spiro atoms. The van der Waals surface area contributed by atoms with Gasteiger partial charge in [-0.15, -0.1) is 0 Å². The minimum absolute atomic E-state index is 0.0665. The van der Waals surface area contributed by atoms with Crippen LogP contribution in [0.5, 0.6) is 0 Å². The van der Waals surface area contributed by atoms with Crippen molar-refractivity contribution in [2.75, 3.05) is 10.6 Å². The number of furan rings is 1. The van der Waals surface area contributed by atoms with Crippen molar-refractivity contribution in [2.45, 2.75) is 19.9 Å². The maximum atomic E-state index is 11.8. The Bertz CT molecular complexity index is 604. The van der Waals surface area contributed by atoms with Crippen molar-refractivity contribution in [3.05, 3.63) is 48.4 Å². The van der Waals surface area contributed by atoms with Crippen molar-refractivity contribution in [1.82, 2.24) is 5.32 Å². The minimum Gasteiger partial charge on any atom is -0.459 e. The first-order valence-corrected chi connectivity index (χ1v) is 6.57. The van der Waals surface area contributed by atoms with Gasteiger partial charge >= 0.3 is 6.03 Å². The van der Waals surface area contributed by atoms with Crippen molar-refractivity contribution in [1.29, 1.82) is 0 Å². The van der Waals surface area contributed by atoms with E-state index in [-0.39, 0.29) is 23.7 Å². The van der Waals surface area contributed by atoms with Gasteiger partial charge in [0.2, 0.25) is 0 Å². The van der Waals surface area contributed by atoms with Crippen LogP contribution >= 0.6 is 0 Å². The highest BCUT2D eigenvalue weighted by molar-refractivity contribution is 6.02. The van der Waals surface area contributed by atoms with Crippen LogP contribution in [0, 0.1) is 0 Å². The molecule has 0 aliphatic rings. The number of amides is 3. The van der Waals surface area contributed by atoms with Crippen molar-refractivity contribution >= 4 is 23.3 Å². The van der Waals surface area contributed by atoms with E-state index in [0.717, 1.165) is 0 Å². The topological polar surface area (TPSA) is 83.4 Å². The summed E-state index contributed by atoms with van der Waals surface area (Å²) in [5, 5.41) is 8.12. The Balaban J connectivity index is 1.93. The molecule has 0 saturated carbocycles. The quantitative estimate of drug-likeness (QED) is 0.808. The van der Waals surface area contributed by atoms with Gasteiger partial charge in [0.1, 0.15) is 0 Å². The van der Waals surface area contributed by atoms with E-state index >= 15 is 0 Å². The predicted molar refractivity (Wildman–Crippen MR) is 80.4 cm³/mol. The molecule has 0 radical (unpaired) electrons. The molecule has 2 aromatic rings. The third kappa shape index (κ3) is 4.38. The number of nitrogens with one attached hydrogen (secondary N) is 3. The molecule has 1 aromatic carbocycles. The van der Waals surface area contributed by atoms with Crippen LogP contribution in [-0.4, -0.2) is 18.0 Å². The highest BCUT2D eigenvalue weighted by atomic mass is 16.3. The Morgan fingerprint density at radius 1 is 1.00 bits per heavy atom. The molecule has 6 nitrogen and oxygen atoms in total. The lowest BCUT2D eigenvalue weighted by atomic mass is 10.2. The van der Waals surface area contributed by atoms with E-state index in [1.807, 2.05) is 13.8 Å². The molecule has 0 aliphatic carbocycles. The zero-order chi connectivity index (χ0) is 15.2. The van der Waals surface area contributed by atoms with Gasteiger partial charge in [-0.25, -0.2) is 4.79 Å². The van der Waals surface area contributed by atoms with Crippen molar-refractivity contribution < 1.29 is 14.0 Å². The van der Waals surface area contributed by atoms with Gasteiger partial charge in [0.25, 0.3) is 5.91 Å². The molecule has 0 saturated heterocycles. The highest BCUT2D eigenvalue weighted by Gasteiger charge is 2.08. The fraction of sp³-hybridized carbons (Fsp3) is 0.200. The Hall–Kier alpha value is -2.76. The molecule has 0 atom stereocenters. The van der Waals surface area contributed by atoms with Crippen LogP contribution in [-0.2, 0) is 0 Å². The molecular weight excluding hydrogens is 270 g/mol. The van der Waals surface area contributed by atoms with Gasteiger partial charge in [-0.05, 0) is 50.2 Å². The standard InChI is InChI=1S/C15H17N3O3/c1-10(2)16-15(20)18-12-7-5-11(6-8-12)17-14(19)13-4-3-9-21-13/h3-10H,1-2H3,(H,17,19)(H2,16,18,20). The molecule has 3 N–H and O–H groups in total. The average Bonchev–Trinajstić information content (AvgIpc) is 2.94. The SMILES string of the molecule is CC(C)NC(=O)Nc1ccc(NC(=O)c2ccco2)cc1. The summed E-state index contributed by atoms with van der Waals surface area (Å²) in [4.78, 5) is 23.3. The summed E-state index contributed by atoms with van der Waals surface area (Å²) >= 11 is 0. The summed E-state index contributed by atoms with van der Waals surface area (Å²) < 4.78 is 5.00. The first-order chi connectivity index (χ1) is 10.0. The molecule has 2 rings (SSSR count). The Morgan fingerprint density at radius 2 is 1.62 bits per heavy atom. The van der Waals surface area contributed by atoms with Crippen LogP contribution in [0.2, 0.25) is 0 Å². The maximum Gasteiger partial charge on any atom is 0.319 e. The van der Waals surface area contributed by atoms with Gasteiger partial charge in [-0.2, -0.15) is 0 Å². The molecular formula is C15H17N3O3. The second kappa shape index (κ2) is 6.60. The van der Waals surface area contributed by atoms with Crippen LogP contribution in [0.3, 0.4) is 0 Å². The van der Waals surface area contributed by atoms with Gasteiger partial charge in [-0.1, -0.05) is 0 Å². The van der Waals surface area contributed by atoms with E-state index < -0.39 is 0 Å². The molecule has 0 bridgehead atoms. The van der Waals surface area contributed by atoms with Gasteiger partial charge in [0, 0.05) is 17.4 Å². The molecule has 110 valence electrons. The Morgan fingerprint density at radius 3 is 2.14 bits per heavy atom. The monoisotopic (exact) mass is 287 g/mol. The second-order valence-corrected chi connectivity index (χ2v) is 4.76. The lowest BCUT2D eigenvalue weighted by Crippen LogP contribution is -2.34. The predicted octanol–water partition coefficient (Wildman–Crippen LogP) is 3.06. The molecule has 6 heteroatoms. The lowest BCUT2D eigenvalue weighted by molar-refractivity contribution is 0.0996. The number of urea groups is 1. The van der Waals surface area contributed by atoms with E-state index in [2.05, 4.69) is 16.0 Å². The minimum atomic E-state index is -0.321. The Kier molecular flexibility index (Phi) is 4.61. The van der Waals surface area contributed by atoms with Crippen LogP contribution in [0.15, 0.2) is 47.1 Å². The van der Waals surface area contributed by atoms with Gasteiger partial charge < -0.3 is 20.4 Å². The number of hydrogen-bond acceptors (Lipinski definition) is 3. The van der Waals surface area contributed by atoms with Crippen molar-refractivity contribution in [3.63, 3.8) is 0 Å². The summed E-state index contributed by atoms with van der Waals surface area (Å²) in [7, 11) is 0. The number of hydrogen-bond donors (Lipinski definition) is 3. The van der Waals surface area contributed by atoms with E-state index in [1.165, 1.54) is 6.26 Å². The first-order valence-electron chi connectivity index (χ1n) is 6.57. The molecule has 0 aliphatic heterocycles. The number of rotatable bonds is 4. The average molecular weight is 287 g/mol. The normalized spacial score (nSPS) is 10.2. The number of carbonyl (C=O) groups excluding carboxylic acids is 2.